The Morgan fingerprint density at radius 1 is 0.973 bits per heavy atom. The standard InChI is InChI=1S/C17H14N2S2.C10H6Cl2N2O2/c1-13-7-9-14(10-8-13)11-18-19-16(12-21-17(19)20)15-5-3-2-4-6-15;11-8-3-1-2-6(10(8)14(15)16)7-4-13-5-9(7)12/h2-12H,1H3;1-5,13H/b18-11+;. The van der Waals surface area contributed by atoms with Crippen molar-refractivity contribution in [2.24, 2.45) is 5.10 Å². The van der Waals surface area contributed by atoms with E-state index in [9.17, 15) is 10.1 Å². The van der Waals surface area contributed by atoms with Crippen molar-refractivity contribution >= 4 is 58.7 Å². The van der Waals surface area contributed by atoms with Gasteiger partial charge in [-0.1, -0.05) is 89.4 Å². The van der Waals surface area contributed by atoms with Gasteiger partial charge in [-0.2, -0.15) is 5.10 Å². The minimum Gasteiger partial charge on any atom is -0.366 e. The van der Waals surface area contributed by atoms with Crippen LogP contribution in [0.15, 0.2) is 95.7 Å². The van der Waals surface area contributed by atoms with E-state index in [2.05, 4.69) is 53.4 Å². The maximum absolute atomic E-state index is 10.9. The van der Waals surface area contributed by atoms with Crippen molar-refractivity contribution in [1.29, 1.82) is 0 Å². The second-order valence-electron chi connectivity index (χ2n) is 7.83. The van der Waals surface area contributed by atoms with Crippen molar-refractivity contribution in [2.75, 3.05) is 0 Å². The highest BCUT2D eigenvalue weighted by molar-refractivity contribution is 7.73. The maximum atomic E-state index is 10.9. The number of thiazole rings is 1. The Balaban J connectivity index is 0.000000180. The molecule has 0 bridgehead atoms. The molecular formula is C27H20Cl2N4O2S2. The average Bonchev–Trinajstić information content (AvgIpc) is 3.49. The van der Waals surface area contributed by atoms with E-state index in [0.717, 1.165) is 20.8 Å². The lowest BCUT2D eigenvalue weighted by Crippen LogP contribution is -1.93. The van der Waals surface area contributed by atoms with E-state index >= 15 is 0 Å². The fraction of sp³-hybridized carbons (Fsp3) is 0.0370. The Hall–Kier alpha value is -3.56. The number of nitro groups is 1. The first-order valence-electron chi connectivity index (χ1n) is 11.0. The number of halogens is 2. The summed E-state index contributed by atoms with van der Waals surface area (Å²) in [5.74, 6) is 0. The van der Waals surface area contributed by atoms with Crippen LogP contribution in [0.25, 0.3) is 22.4 Å². The van der Waals surface area contributed by atoms with Crippen LogP contribution in [0, 0.1) is 21.0 Å². The molecular weight excluding hydrogens is 547 g/mol. The predicted octanol–water partition coefficient (Wildman–Crippen LogP) is 9.03. The molecule has 5 rings (SSSR count). The first-order valence-corrected chi connectivity index (χ1v) is 13.0. The molecule has 186 valence electrons. The summed E-state index contributed by atoms with van der Waals surface area (Å²) in [5, 5.41) is 18.0. The lowest BCUT2D eigenvalue weighted by molar-refractivity contribution is -0.384. The number of nitrogens with one attached hydrogen (secondary N) is 1. The maximum Gasteiger partial charge on any atom is 0.295 e. The first kappa shape index (κ1) is 26.5. The van der Waals surface area contributed by atoms with Gasteiger partial charge >= 0.3 is 0 Å². The van der Waals surface area contributed by atoms with Crippen LogP contribution >= 0.6 is 46.8 Å². The molecule has 0 amide bonds. The highest BCUT2D eigenvalue weighted by Gasteiger charge is 2.21. The van der Waals surface area contributed by atoms with Gasteiger partial charge in [0.2, 0.25) is 0 Å². The van der Waals surface area contributed by atoms with Crippen LogP contribution in [-0.2, 0) is 0 Å². The van der Waals surface area contributed by atoms with Gasteiger partial charge in [-0.25, -0.2) is 4.68 Å². The van der Waals surface area contributed by atoms with Crippen LogP contribution in [0.5, 0.6) is 0 Å². The Morgan fingerprint density at radius 3 is 2.35 bits per heavy atom. The molecule has 6 nitrogen and oxygen atoms in total. The van der Waals surface area contributed by atoms with Gasteiger partial charge in [0.1, 0.15) is 5.02 Å². The molecule has 0 fully saturated rings. The van der Waals surface area contributed by atoms with Gasteiger partial charge in [0.05, 0.1) is 27.4 Å². The molecule has 0 aliphatic heterocycles. The van der Waals surface area contributed by atoms with Crippen LogP contribution in [-0.4, -0.2) is 20.8 Å². The normalized spacial score (nSPS) is 10.8. The second kappa shape index (κ2) is 12.1. The second-order valence-corrected chi connectivity index (χ2v) is 10.1. The van der Waals surface area contributed by atoms with E-state index in [-0.39, 0.29) is 10.7 Å². The number of rotatable bonds is 5. The van der Waals surface area contributed by atoms with E-state index in [1.54, 1.807) is 24.5 Å². The number of H-pyrrole nitrogens is 1. The van der Waals surface area contributed by atoms with Gasteiger partial charge in [0, 0.05) is 28.9 Å². The van der Waals surface area contributed by atoms with Gasteiger partial charge in [-0.05, 0) is 36.8 Å². The third-order valence-electron chi connectivity index (χ3n) is 5.30. The molecule has 0 spiro atoms. The van der Waals surface area contributed by atoms with Crippen molar-refractivity contribution in [3.8, 4) is 22.4 Å². The SMILES string of the molecule is Cc1ccc(/C=N/n2c(-c3ccccc3)csc2=S)cc1.O=[N+]([O-])c1c(Cl)cccc1-c1c[nH]cc1Cl. The van der Waals surface area contributed by atoms with Gasteiger partial charge < -0.3 is 4.98 Å². The molecule has 10 heteroatoms. The number of aromatic amines is 1. The molecule has 2 heterocycles. The predicted molar refractivity (Wildman–Crippen MR) is 156 cm³/mol. The van der Waals surface area contributed by atoms with Gasteiger partial charge in [-0.3, -0.25) is 10.1 Å². The number of hydrogen-bond donors (Lipinski definition) is 1. The van der Waals surface area contributed by atoms with Gasteiger partial charge in [-0.15, -0.1) is 11.3 Å². The van der Waals surface area contributed by atoms with Crippen LogP contribution in [0.2, 0.25) is 10.0 Å². The van der Waals surface area contributed by atoms with E-state index in [1.807, 2.05) is 34.5 Å². The lowest BCUT2D eigenvalue weighted by atomic mass is 10.1. The molecule has 0 aliphatic rings. The lowest BCUT2D eigenvalue weighted by Gasteiger charge is -2.02. The molecule has 0 radical (unpaired) electrons. The Bertz CT molecular complexity index is 1610. The zero-order valence-electron chi connectivity index (χ0n) is 19.5. The number of aromatic nitrogens is 2. The quantitative estimate of drug-likeness (QED) is 0.0996. The zero-order chi connectivity index (χ0) is 26.4. The fourth-order valence-corrected chi connectivity index (χ4v) is 4.91. The van der Waals surface area contributed by atoms with Crippen LogP contribution in [0.4, 0.5) is 5.69 Å². The smallest absolute Gasteiger partial charge is 0.295 e. The molecule has 0 saturated carbocycles. The molecule has 0 saturated heterocycles. The van der Waals surface area contributed by atoms with Crippen LogP contribution in [0.1, 0.15) is 11.1 Å². The number of aryl methyl sites for hydroxylation is 1. The first-order chi connectivity index (χ1) is 17.8. The summed E-state index contributed by atoms with van der Waals surface area (Å²) in [5.41, 5.74) is 5.28. The van der Waals surface area contributed by atoms with Crippen molar-refractivity contribution in [3.63, 3.8) is 0 Å². The molecule has 5 aromatic rings. The Morgan fingerprint density at radius 2 is 1.70 bits per heavy atom. The molecule has 2 aromatic heterocycles. The van der Waals surface area contributed by atoms with Crippen molar-refractivity contribution < 1.29 is 4.92 Å². The monoisotopic (exact) mass is 566 g/mol. The largest absolute Gasteiger partial charge is 0.366 e. The number of nitrogens with zero attached hydrogens (tertiary/aromatic N) is 3. The number of benzene rings is 3. The van der Waals surface area contributed by atoms with Crippen LogP contribution in [0.3, 0.4) is 0 Å². The molecule has 3 aromatic carbocycles. The summed E-state index contributed by atoms with van der Waals surface area (Å²) in [4.78, 5) is 13.2. The summed E-state index contributed by atoms with van der Waals surface area (Å²) in [6.07, 6.45) is 5.00. The fourth-order valence-electron chi connectivity index (χ4n) is 3.46. The highest BCUT2D eigenvalue weighted by atomic mass is 35.5. The van der Waals surface area contributed by atoms with E-state index in [4.69, 9.17) is 35.4 Å². The zero-order valence-corrected chi connectivity index (χ0v) is 22.6. The topological polar surface area (TPSA) is 76.2 Å². The third kappa shape index (κ3) is 6.42. The van der Waals surface area contributed by atoms with Crippen molar-refractivity contribution in [3.05, 3.63) is 126 Å². The average molecular weight is 568 g/mol. The minimum absolute atomic E-state index is 0.0970. The van der Waals surface area contributed by atoms with E-state index in [1.165, 1.54) is 23.0 Å². The van der Waals surface area contributed by atoms with E-state index in [0.29, 0.717) is 16.1 Å². The molecule has 0 unspecified atom stereocenters. The summed E-state index contributed by atoms with van der Waals surface area (Å²) in [6.45, 7) is 2.07. The number of para-hydroxylation sites is 1. The summed E-state index contributed by atoms with van der Waals surface area (Å²) < 4.78 is 2.56. The summed E-state index contributed by atoms with van der Waals surface area (Å²) in [7, 11) is 0. The van der Waals surface area contributed by atoms with Gasteiger partial charge in [0.15, 0.2) is 3.95 Å². The summed E-state index contributed by atoms with van der Waals surface area (Å²) >= 11 is 18.6. The molecule has 0 atom stereocenters. The van der Waals surface area contributed by atoms with Crippen molar-refractivity contribution in [1.82, 2.24) is 9.66 Å². The number of nitro benzene ring substituents is 1. The van der Waals surface area contributed by atoms with Crippen LogP contribution < -0.4 is 0 Å². The Labute approximate surface area is 232 Å². The van der Waals surface area contributed by atoms with E-state index < -0.39 is 4.92 Å². The molecule has 0 aliphatic carbocycles. The number of hydrogen-bond acceptors (Lipinski definition) is 5. The highest BCUT2D eigenvalue weighted by Crippen LogP contribution is 2.38. The third-order valence-corrected chi connectivity index (χ3v) is 7.09. The summed E-state index contributed by atoms with van der Waals surface area (Å²) in [6, 6.07) is 23.2. The van der Waals surface area contributed by atoms with Gasteiger partial charge in [0.25, 0.3) is 5.69 Å². The minimum atomic E-state index is -0.513. The van der Waals surface area contributed by atoms with Crippen molar-refractivity contribution in [2.45, 2.75) is 6.92 Å². The Kier molecular flexibility index (Phi) is 8.68. The molecule has 1 N–H and O–H groups in total. The molecule has 37 heavy (non-hydrogen) atoms.